The summed E-state index contributed by atoms with van der Waals surface area (Å²) in [7, 11) is 1.66. The van der Waals surface area contributed by atoms with E-state index in [1.165, 1.54) is 11.1 Å². The third-order valence-corrected chi connectivity index (χ3v) is 3.69. The minimum Gasteiger partial charge on any atom is -0.497 e. The van der Waals surface area contributed by atoms with Crippen LogP contribution in [-0.4, -0.2) is 12.6 Å². The van der Waals surface area contributed by atoms with Gasteiger partial charge in [-0.15, -0.1) is 0 Å². The normalized spacial score (nSPS) is 12.5. The maximum absolute atomic E-state index is 8.94. The second kappa shape index (κ2) is 6.64. The van der Waals surface area contributed by atoms with Crippen LogP contribution < -0.4 is 10.5 Å². The summed E-state index contributed by atoms with van der Waals surface area (Å²) in [5.41, 5.74) is 9.00. The molecule has 0 aliphatic carbocycles. The molecule has 0 aliphatic heterocycles. The van der Waals surface area contributed by atoms with Gasteiger partial charge in [0.05, 0.1) is 18.7 Å². The summed E-state index contributed by atoms with van der Waals surface area (Å²) < 4.78 is 5.23. The zero-order valence-corrected chi connectivity index (χ0v) is 13.3. The van der Waals surface area contributed by atoms with Crippen molar-refractivity contribution in [3.8, 4) is 11.8 Å². The molecule has 22 heavy (non-hydrogen) atoms. The predicted molar refractivity (Wildman–Crippen MR) is 88.9 cm³/mol. The van der Waals surface area contributed by atoms with E-state index in [0.29, 0.717) is 5.56 Å². The molecule has 2 aromatic rings. The lowest BCUT2D eigenvalue weighted by Crippen LogP contribution is -2.34. The standard InChI is InChI=1S/C19H22N2O/c1-19(2,21)12-18(15-6-4-14(13-20)5-7-15)16-8-10-17(22-3)11-9-16/h4-11,18H,12,21H2,1-3H3. The van der Waals surface area contributed by atoms with Crippen molar-refractivity contribution in [3.05, 3.63) is 65.2 Å². The van der Waals surface area contributed by atoms with Crippen LogP contribution in [0.3, 0.4) is 0 Å². The van der Waals surface area contributed by atoms with E-state index in [0.717, 1.165) is 12.2 Å². The number of nitrogens with two attached hydrogens (primary N) is 1. The van der Waals surface area contributed by atoms with Crippen molar-refractivity contribution in [1.29, 1.82) is 5.26 Å². The van der Waals surface area contributed by atoms with Crippen LogP contribution in [0.2, 0.25) is 0 Å². The molecule has 3 heteroatoms. The van der Waals surface area contributed by atoms with E-state index < -0.39 is 0 Å². The third kappa shape index (κ3) is 4.09. The number of hydrogen-bond donors (Lipinski definition) is 1. The summed E-state index contributed by atoms with van der Waals surface area (Å²) in [5.74, 6) is 1.04. The molecule has 0 amide bonds. The van der Waals surface area contributed by atoms with Crippen LogP contribution in [0, 0.1) is 11.3 Å². The largest absolute Gasteiger partial charge is 0.497 e. The van der Waals surface area contributed by atoms with Crippen LogP contribution >= 0.6 is 0 Å². The minimum atomic E-state index is -0.279. The minimum absolute atomic E-state index is 0.193. The first-order valence-corrected chi connectivity index (χ1v) is 7.36. The number of nitriles is 1. The smallest absolute Gasteiger partial charge is 0.118 e. The van der Waals surface area contributed by atoms with E-state index in [9.17, 15) is 0 Å². The van der Waals surface area contributed by atoms with Crippen LogP contribution in [-0.2, 0) is 0 Å². The van der Waals surface area contributed by atoms with Crippen molar-refractivity contribution in [2.45, 2.75) is 31.7 Å². The lowest BCUT2D eigenvalue weighted by atomic mass is 9.81. The van der Waals surface area contributed by atoms with E-state index in [1.807, 2.05) is 50.2 Å². The molecule has 0 heterocycles. The van der Waals surface area contributed by atoms with Crippen molar-refractivity contribution < 1.29 is 4.74 Å². The number of rotatable bonds is 5. The Balaban J connectivity index is 2.38. The molecule has 2 N–H and O–H groups in total. The fraction of sp³-hybridized carbons (Fsp3) is 0.316. The number of ether oxygens (including phenoxy) is 1. The summed E-state index contributed by atoms with van der Waals surface area (Å²) in [6.45, 7) is 4.07. The van der Waals surface area contributed by atoms with Gasteiger partial charge < -0.3 is 10.5 Å². The molecule has 3 nitrogen and oxygen atoms in total. The SMILES string of the molecule is COc1ccc(C(CC(C)(C)N)c2ccc(C#N)cc2)cc1. The summed E-state index contributed by atoms with van der Waals surface area (Å²) >= 11 is 0. The Morgan fingerprint density at radius 1 is 1.05 bits per heavy atom. The molecule has 0 radical (unpaired) electrons. The average molecular weight is 294 g/mol. The first-order valence-electron chi connectivity index (χ1n) is 7.36. The van der Waals surface area contributed by atoms with Gasteiger partial charge in [0.15, 0.2) is 0 Å². The number of benzene rings is 2. The van der Waals surface area contributed by atoms with Crippen LogP contribution in [0.1, 0.15) is 42.9 Å². The highest BCUT2D eigenvalue weighted by molar-refractivity contribution is 5.39. The fourth-order valence-corrected chi connectivity index (χ4v) is 2.58. The summed E-state index contributed by atoms with van der Waals surface area (Å²) in [6.07, 6.45) is 0.825. The van der Waals surface area contributed by atoms with Gasteiger partial charge in [0.2, 0.25) is 0 Å². The Morgan fingerprint density at radius 2 is 1.55 bits per heavy atom. The quantitative estimate of drug-likeness (QED) is 0.911. The monoisotopic (exact) mass is 294 g/mol. The maximum atomic E-state index is 8.94. The van der Waals surface area contributed by atoms with Crippen LogP contribution in [0.4, 0.5) is 0 Å². The third-order valence-electron chi connectivity index (χ3n) is 3.69. The van der Waals surface area contributed by atoms with Gasteiger partial charge in [-0.3, -0.25) is 0 Å². The Kier molecular flexibility index (Phi) is 4.85. The molecule has 1 unspecified atom stereocenters. The molecule has 0 saturated heterocycles. The second-order valence-corrected chi connectivity index (χ2v) is 6.25. The van der Waals surface area contributed by atoms with Gasteiger partial charge in [-0.2, -0.15) is 5.26 Å². The summed E-state index contributed by atoms with van der Waals surface area (Å²) in [6, 6.07) is 18.0. The molecule has 0 fully saturated rings. The average Bonchev–Trinajstić information content (AvgIpc) is 2.52. The number of nitrogens with zero attached hydrogens (tertiary/aromatic N) is 1. The van der Waals surface area contributed by atoms with Gasteiger partial charge in [0.1, 0.15) is 5.75 Å². The summed E-state index contributed by atoms with van der Waals surface area (Å²) in [4.78, 5) is 0. The lowest BCUT2D eigenvalue weighted by Gasteiger charge is -2.27. The zero-order chi connectivity index (χ0) is 16.2. The Morgan fingerprint density at radius 3 is 1.95 bits per heavy atom. The molecule has 0 spiro atoms. The Bertz CT molecular complexity index is 646. The molecule has 0 saturated carbocycles. The highest BCUT2D eigenvalue weighted by atomic mass is 16.5. The molecule has 0 bridgehead atoms. The van der Waals surface area contributed by atoms with Gasteiger partial charge in [0.25, 0.3) is 0 Å². The Labute approximate surface area is 132 Å². The van der Waals surface area contributed by atoms with Crippen molar-refractivity contribution >= 4 is 0 Å². The number of methoxy groups -OCH3 is 1. The second-order valence-electron chi connectivity index (χ2n) is 6.25. The first kappa shape index (κ1) is 16.1. The van der Waals surface area contributed by atoms with E-state index in [2.05, 4.69) is 18.2 Å². The summed E-state index contributed by atoms with van der Waals surface area (Å²) in [5, 5.41) is 8.94. The van der Waals surface area contributed by atoms with Crippen molar-refractivity contribution in [3.63, 3.8) is 0 Å². The molecule has 0 aliphatic rings. The molecular weight excluding hydrogens is 272 g/mol. The molecule has 0 aromatic heterocycles. The van der Waals surface area contributed by atoms with Crippen LogP contribution in [0.25, 0.3) is 0 Å². The molecule has 2 aromatic carbocycles. The highest BCUT2D eigenvalue weighted by Gasteiger charge is 2.22. The van der Waals surface area contributed by atoms with Crippen molar-refractivity contribution in [2.24, 2.45) is 5.73 Å². The predicted octanol–water partition coefficient (Wildman–Crippen LogP) is 3.83. The van der Waals surface area contributed by atoms with Gasteiger partial charge in [-0.05, 0) is 55.7 Å². The number of hydrogen-bond acceptors (Lipinski definition) is 3. The zero-order valence-electron chi connectivity index (χ0n) is 13.3. The Hall–Kier alpha value is -2.31. The van der Waals surface area contributed by atoms with Crippen molar-refractivity contribution in [1.82, 2.24) is 0 Å². The maximum Gasteiger partial charge on any atom is 0.118 e. The van der Waals surface area contributed by atoms with Gasteiger partial charge in [-0.25, -0.2) is 0 Å². The van der Waals surface area contributed by atoms with E-state index >= 15 is 0 Å². The first-order chi connectivity index (χ1) is 10.4. The van der Waals surface area contributed by atoms with Gasteiger partial charge in [0, 0.05) is 11.5 Å². The van der Waals surface area contributed by atoms with Crippen LogP contribution in [0.15, 0.2) is 48.5 Å². The van der Waals surface area contributed by atoms with Gasteiger partial charge >= 0.3 is 0 Å². The fourth-order valence-electron chi connectivity index (χ4n) is 2.58. The highest BCUT2D eigenvalue weighted by Crippen LogP contribution is 2.32. The van der Waals surface area contributed by atoms with Crippen molar-refractivity contribution in [2.75, 3.05) is 7.11 Å². The lowest BCUT2D eigenvalue weighted by molar-refractivity contribution is 0.414. The molecular formula is C19H22N2O. The molecule has 1 atom stereocenters. The molecule has 114 valence electrons. The van der Waals surface area contributed by atoms with E-state index in [1.54, 1.807) is 7.11 Å². The van der Waals surface area contributed by atoms with Crippen LogP contribution in [0.5, 0.6) is 5.75 Å². The van der Waals surface area contributed by atoms with Gasteiger partial charge in [-0.1, -0.05) is 24.3 Å². The molecule has 2 rings (SSSR count). The topological polar surface area (TPSA) is 59.0 Å². The van der Waals surface area contributed by atoms with E-state index in [-0.39, 0.29) is 11.5 Å². The van der Waals surface area contributed by atoms with E-state index in [4.69, 9.17) is 15.7 Å².